The number of carbonyl (C=O) groups is 2. The van der Waals surface area contributed by atoms with E-state index in [1.807, 2.05) is 19.9 Å². The average molecular weight is 572 g/mol. The van der Waals surface area contributed by atoms with Gasteiger partial charge in [-0.25, -0.2) is 9.18 Å². The Morgan fingerprint density at radius 3 is 2.56 bits per heavy atom. The molecule has 0 aromatic heterocycles. The van der Waals surface area contributed by atoms with E-state index in [9.17, 15) is 20.0 Å². The highest BCUT2D eigenvalue weighted by Crippen LogP contribution is 2.52. The topological polar surface area (TPSA) is 111 Å². The van der Waals surface area contributed by atoms with Crippen LogP contribution in [0.1, 0.15) is 36.2 Å². The molecule has 4 rings (SSSR count). The first kappa shape index (κ1) is 28.6. The minimum absolute atomic E-state index is 0.00608. The molecule has 2 aliphatic rings. The Bertz CT molecular complexity index is 1400. The van der Waals surface area contributed by atoms with Crippen LogP contribution in [0, 0.1) is 34.9 Å². The van der Waals surface area contributed by atoms with Crippen molar-refractivity contribution in [3.63, 3.8) is 0 Å². The molecule has 0 spiro atoms. The van der Waals surface area contributed by atoms with Gasteiger partial charge in [0.1, 0.15) is 17.0 Å². The molecule has 0 radical (unpaired) electrons. The van der Waals surface area contributed by atoms with E-state index >= 15 is 4.39 Å². The summed E-state index contributed by atoms with van der Waals surface area (Å²) in [5.41, 5.74) is -1.09. The summed E-state index contributed by atoms with van der Waals surface area (Å²) in [4.78, 5) is 25.3. The Labute approximate surface area is 236 Å². The molecule has 1 aliphatic heterocycles. The summed E-state index contributed by atoms with van der Waals surface area (Å²) in [5, 5.41) is 26.9. The first-order chi connectivity index (χ1) is 18.5. The molecule has 5 atom stereocenters. The third-order valence-corrected chi connectivity index (χ3v) is 7.97. The minimum Gasteiger partial charge on any atom is -0.495 e. The van der Waals surface area contributed by atoms with Gasteiger partial charge >= 0.3 is 5.97 Å². The Morgan fingerprint density at radius 2 is 2.00 bits per heavy atom. The van der Waals surface area contributed by atoms with Crippen LogP contribution in [0.5, 0.6) is 5.75 Å². The highest BCUT2D eigenvalue weighted by molar-refractivity contribution is 6.30. The van der Waals surface area contributed by atoms with Gasteiger partial charge in [0.15, 0.2) is 0 Å². The zero-order valence-corrected chi connectivity index (χ0v) is 23.1. The summed E-state index contributed by atoms with van der Waals surface area (Å²) in [5.74, 6) is -3.34. The Hall–Kier alpha value is -3.38. The third kappa shape index (κ3) is 5.27. The Morgan fingerprint density at radius 1 is 1.26 bits per heavy atom. The van der Waals surface area contributed by atoms with Crippen molar-refractivity contribution >= 4 is 40.8 Å². The van der Waals surface area contributed by atoms with Gasteiger partial charge in [-0.1, -0.05) is 55.3 Å². The number of aromatic carboxylic acids is 1. The molecule has 1 saturated heterocycles. The Kier molecular flexibility index (Phi) is 8.36. The largest absolute Gasteiger partial charge is 0.495 e. The van der Waals surface area contributed by atoms with Crippen molar-refractivity contribution in [2.75, 3.05) is 12.4 Å². The lowest BCUT2D eigenvalue weighted by Gasteiger charge is -2.38. The maximum absolute atomic E-state index is 15.6. The van der Waals surface area contributed by atoms with Gasteiger partial charge in [0.2, 0.25) is 5.91 Å². The van der Waals surface area contributed by atoms with Gasteiger partial charge in [-0.3, -0.25) is 4.79 Å². The number of hydrogen-bond acceptors (Lipinski definition) is 5. The number of amides is 1. The summed E-state index contributed by atoms with van der Waals surface area (Å²) >= 11 is 12.7. The number of benzene rings is 2. The zero-order valence-electron chi connectivity index (χ0n) is 21.5. The molecular formula is C29H28Cl2FN3O4. The van der Waals surface area contributed by atoms with E-state index in [1.165, 1.54) is 43.5 Å². The fourth-order valence-electron chi connectivity index (χ4n) is 5.71. The second-order valence-corrected chi connectivity index (χ2v) is 11.0. The molecular weight excluding hydrogens is 544 g/mol. The van der Waals surface area contributed by atoms with Gasteiger partial charge in [-0.15, -0.1) is 0 Å². The highest BCUT2D eigenvalue weighted by atomic mass is 35.5. The quantitative estimate of drug-likeness (QED) is 0.364. The van der Waals surface area contributed by atoms with E-state index in [4.69, 9.17) is 27.9 Å². The maximum atomic E-state index is 15.6. The lowest BCUT2D eigenvalue weighted by Crippen LogP contribution is -2.46. The molecule has 1 heterocycles. The lowest BCUT2D eigenvalue weighted by molar-refractivity contribution is -0.119. The van der Waals surface area contributed by atoms with Gasteiger partial charge in [0.05, 0.1) is 30.5 Å². The minimum atomic E-state index is -1.48. The average Bonchev–Trinajstić information content (AvgIpc) is 3.44. The van der Waals surface area contributed by atoms with Crippen molar-refractivity contribution in [1.82, 2.24) is 5.32 Å². The fourth-order valence-corrected chi connectivity index (χ4v) is 6.15. The second-order valence-electron chi connectivity index (χ2n) is 10.1. The lowest BCUT2D eigenvalue weighted by atomic mass is 9.62. The number of anilines is 1. The van der Waals surface area contributed by atoms with Crippen LogP contribution >= 0.6 is 23.2 Å². The van der Waals surface area contributed by atoms with Crippen LogP contribution in [0.4, 0.5) is 10.1 Å². The molecule has 39 heavy (non-hydrogen) atoms. The zero-order chi connectivity index (χ0) is 28.5. The SMILES string of the molecule is COc1cc(C(=O)O)ccc1NC(=O)[C@@H]1N[C@@H](CC(C)C)[C@](C#N)(c2ccc(Cl)cc2F)C1C1C=CC=C1Cl. The van der Waals surface area contributed by atoms with Crippen molar-refractivity contribution in [2.45, 2.75) is 37.8 Å². The van der Waals surface area contributed by atoms with E-state index in [-0.39, 0.29) is 33.5 Å². The van der Waals surface area contributed by atoms with Crippen LogP contribution in [0.3, 0.4) is 0 Å². The Balaban J connectivity index is 1.85. The van der Waals surface area contributed by atoms with Crippen molar-refractivity contribution < 1.29 is 23.8 Å². The molecule has 204 valence electrons. The van der Waals surface area contributed by atoms with Gasteiger partial charge in [-0.05, 0) is 48.7 Å². The number of carbonyl (C=O) groups excluding carboxylic acids is 1. The molecule has 7 nitrogen and oxygen atoms in total. The van der Waals surface area contributed by atoms with E-state index < -0.39 is 47.0 Å². The summed E-state index contributed by atoms with van der Waals surface area (Å²) in [7, 11) is 1.36. The number of allylic oxidation sites excluding steroid dienone is 4. The van der Waals surface area contributed by atoms with Crippen molar-refractivity contribution in [3.05, 3.63) is 81.6 Å². The van der Waals surface area contributed by atoms with Crippen LogP contribution in [-0.4, -0.2) is 36.2 Å². The first-order valence-corrected chi connectivity index (χ1v) is 13.2. The number of carboxylic acids is 1. The number of nitrogens with zero attached hydrogens (tertiary/aromatic N) is 1. The van der Waals surface area contributed by atoms with Gasteiger partial charge in [0, 0.05) is 33.5 Å². The first-order valence-electron chi connectivity index (χ1n) is 12.4. The monoisotopic (exact) mass is 571 g/mol. The van der Waals surface area contributed by atoms with E-state index in [1.54, 1.807) is 12.2 Å². The molecule has 0 bridgehead atoms. The molecule has 2 aromatic carbocycles. The molecule has 3 N–H and O–H groups in total. The predicted octanol–water partition coefficient (Wildman–Crippen LogP) is 5.90. The molecule has 1 aliphatic carbocycles. The summed E-state index contributed by atoms with van der Waals surface area (Å²) in [6.07, 6.45) is 5.75. The van der Waals surface area contributed by atoms with E-state index in [2.05, 4.69) is 16.7 Å². The van der Waals surface area contributed by atoms with Crippen LogP contribution in [0.2, 0.25) is 5.02 Å². The second kappa shape index (κ2) is 11.4. The standard InChI is InChI=1S/C29H28Cl2FN3O4/c1-15(2)11-24-29(14-33,19-9-8-17(30)13-21(19)32)25(18-5-4-6-20(18)31)26(35-24)27(36)34-22-10-7-16(28(37)38)12-23(22)39-3/h4-10,12-13,15,18,24-26,35H,11H2,1-3H3,(H,34,36)(H,37,38)/t18?,24-,25?,26+,29-/m0/s1. The van der Waals surface area contributed by atoms with Crippen LogP contribution in [-0.2, 0) is 10.2 Å². The van der Waals surface area contributed by atoms with E-state index in [0.29, 0.717) is 11.5 Å². The predicted molar refractivity (Wildman–Crippen MR) is 148 cm³/mol. The number of nitrogens with one attached hydrogen (secondary N) is 2. The maximum Gasteiger partial charge on any atom is 0.335 e. The smallest absolute Gasteiger partial charge is 0.335 e. The molecule has 1 amide bonds. The normalized spacial score (nSPS) is 25.8. The number of carboxylic acid groups (broad SMARTS) is 1. The molecule has 2 unspecified atom stereocenters. The molecule has 0 saturated carbocycles. The number of halogens is 3. The van der Waals surface area contributed by atoms with Gasteiger partial charge < -0.3 is 20.5 Å². The van der Waals surface area contributed by atoms with Gasteiger partial charge in [-0.2, -0.15) is 5.26 Å². The molecule has 2 aromatic rings. The van der Waals surface area contributed by atoms with E-state index in [0.717, 1.165) is 0 Å². The van der Waals surface area contributed by atoms with Gasteiger partial charge in [0.25, 0.3) is 0 Å². The van der Waals surface area contributed by atoms with Crippen molar-refractivity contribution in [3.8, 4) is 11.8 Å². The van der Waals surface area contributed by atoms with Crippen molar-refractivity contribution in [2.24, 2.45) is 17.8 Å². The number of nitriles is 1. The van der Waals surface area contributed by atoms with Crippen LogP contribution < -0.4 is 15.4 Å². The number of rotatable bonds is 8. The molecule has 10 heteroatoms. The highest BCUT2D eigenvalue weighted by Gasteiger charge is 2.61. The number of ether oxygens (including phenoxy) is 1. The summed E-state index contributed by atoms with van der Waals surface area (Å²) in [6, 6.07) is 9.15. The van der Waals surface area contributed by atoms with Crippen LogP contribution in [0.15, 0.2) is 59.7 Å². The third-order valence-electron chi connectivity index (χ3n) is 7.35. The summed E-state index contributed by atoms with van der Waals surface area (Å²) < 4.78 is 20.9. The number of hydrogen-bond donors (Lipinski definition) is 3. The van der Waals surface area contributed by atoms with Crippen molar-refractivity contribution in [1.29, 1.82) is 5.26 Å². The fraction of sp³-hybridized carbons (Fsp3) is 0.345. The molecule has 1 fully saturated rings. The van der Waals surface area contributed by atoms with Crippen LogP contribution in [0.25, 0.3) is 0 Å². The number of methoxy groups -OCH3 is 1. The summed E-state index contributed by atoms with van der Waals surface area (Å²) in [6.45, 7) is 3.98.